The highest BCUT2D eigenvalue weighted by molar-refractivity contribution is 6.10. The maximum atomic E-state index is 12.5. The van der Waals surface area contributed by atoms with Crippen LogP contribution < -0.4 is 5.32 Å². The van der Waals surface area contributed by atoms with Crippen molar-refractivity contribution in [2.45, 2.75) is 18.4 Å². The Kier molecular flexibility index (Phi) is 1.83. The molecule has 1 aromatic rings. The second-order valence-electron chi connectivity index (χ2n) is 5.43. The Bertz CT molecular complexity index is 559. The fourth-order valence-corrected chi connectivity index (χ4v) is 3.04. The molecule has 2 heterocycles. The summed E-state index contributed by atoms with van der Waals surface area (Å²) in [4.78, 5) is 26.4. The third-order valence-corrected chi connectivity index (χ3v) is 4.27. The molecule has 1 N–H and O–H groups in total. The molecule has 1 spiro atoms. The van der Waals surface area contributed by atoms with Crippen LogP contribution in [0.3, 0.4) is 0 Å². The number of carbonyl (C=O) groups is 2. The van der Waals surface area contributed by atoms with Crippen LogP contribution in [-0.4, -0.2) is 29.8 Å². The Morgan fingerprint density at radius 2 is 2.00 bits per heavy atom. The average Bonchev–Trinajstić information content (AvgIpc) is 3.13. The highest BCUT2D eigenvalue weighted by Crippen LogP contribution is 2.45. The molecule has 1 aromatic carbocycles. The zero-order valence-electron chi connectivity index (χ0n) is 9.98. The van der Waals surface area contributed by atoms with E-state index >= 15 is 0 Å². The molecule has 4 nitrogen and oxygen atoms in total. The Balaban J connectivity index is 1.85. The minimum atomic E-state index is -0.395. The largest absolute Gasteiger partial charge is 0.311 e. The molecule has 1 saturated heterocycles. The summed E-state index contributed by atoms with van der Waals surface area (Å²) in [6.07, 6.45) is 1.87. The van der Waals surface area contributed by atoms with Gasteiger partial charge >= 0.3 is 0 Å². The Labute approximate surface area is 105 Å². The molecule has 2 aliphatic heterocycles. The van der Waals surface area contributed by atoms with E-state index in [0.29, 0.717) is 18.7 Å². The zero-order valence-corrected chi connectivity index (χ0v) is 9.98. The summed E-state index contributed by atoms with van der Waals surface area (Å²) in [5.74, 6) is 0.00226. The highest BCUT2D eigenvalue weighted by Gasteiger charge is 2.57. The highest BCUT2D eigenvalue weighted by atomic mass is 16.2. The van der Waals surface area contributed by atoms with E-state index in [-0.39, 0.29) is 17.7 Å². The fraction of sp³-hybridized carbons (Fsp3) is 0.429. The van der Waals surface area contributed by atoms with Crippen molar-refractivity contribution in [1.82, 2.24) is 10.2 Å². The molecule has 0 atom stereocenters. The van der Waals surface area contributed by atoms with Crippen molar-refractivity contribution in [3.8, 4) is 0 Å². The molecule has 0 radical (unpaired) electrons. The van der Waals surface area contributed by atoms with Crippen LogP contribution in [0.1, 0.15) is 28.8 Å². The van der Waals surface area contributed by atoms with Crippen LogP contribution in [0, 0.1) is 5.92 Å². The van der Waals surface area contributed by atoms with Gasteiger partial charge in [0.1, 0.15) is 5.54 Å². The second-order valence-corrected chi connectivity index (χ2v) is 5.43. The maximum Gasteiger partial charge on any atom is 0.261 e. The van der Waals surface area contributed by atoms with Gasteiger partial charge in [0.05, 0.1) is 0 Å². The first-order valence-electron chi connectivity index (χ1n) is 6.43. The van der Waals surface area contributed by atoms with E-state index < -0.39 is 5.54 Å². The van der Waals surface area contributed by atoms with Gasteiger partial charge in [-0.1, -0.05) is 18.2 Å². The molecular formula is C14H14N2O2. The Morgan fingerprint density at radius 1 is 1.28 bits per heavy atom. The quantitative estimate of drug-likeness (QED) is 0.744. The molecule has 3 aliphatic rings. The molecule has 18 heavy (non-hydrogen) atoms. The molecule has 2 fully saturated rings. The van der Waals surface area contributed by atoms with Crippen LogP contribution in [0.5, 0.6) is 0 Å². The molecule has 0 bridgehead atoms. The van der Waals surface area contributed by atoms with Crippen molar-refractivity contribution in [2.75, 3.05) is 13.1 Å². The summed E-state index contributed by atoms with van der Waals surface area (Å²) in [7, 11) is 0. The van der Waals surface area contributed by atoms with E-state index in [9.17, 15) is 9.59 Å². The third-order valence-electron chi connectivity index (χ3n) is 4.27. The first-order valence-corrected chi connectivity index (χ1v) is 6.43. The van der Waals surface area contributed by atoms with Gasteiger partial charge in [-0.15, -0.1) is 0 Å². The molecular weight excluding hydrogens is 228 g/mol. The Hall–Kier alpha value is -1.68. The van der Waals surface area contributed by atoms with Crippen LogP contribution in [0.15, 0.2) is 24.3 Å². The molecule has 1 saturated carbocycles. The van der Waals surface area contributed by atoms with Gasteiger partial charge in [-0.05, 0) is 24.5 Å². The van der Waals surface area contributed by atoms with Crippen LogP contribution in [0.4, 0.5) is 0 Å². The van der Waals surface area contributed by atoms with Crippen LogP contribution in [0.2, 0.25) is 0 Å². The van der Waals surface area contributed by atoms with Crippen LogP contribution >= 0.6 is 0 Å². The van der Waals surface area contributed by atoms with Gasteiger partial charge in [-0.2, -0.15) is 0 Å². The number of nitrogens with zero attached hydrogens (tertiary/aromatic N) is 1. The summed E-state index contributed by atoms with van der Waals surface area (Å²) >= 11 is 0. The number of hydrogen-bond donors (Lipinski definition) is 1. The minimum absolute atomic E-state index is 0.0256. The number of amides is 2. The van der Waals surface area contributed by atoms with Gasteiger partial charge in [0.25, 0.3) is 5.91 Å². The number of nitrogens with one attached hydrogen (secondary N) is 1. The van der Waals surface area contributed by atoms with Crippen LogP contribution in [-0.2, 0) is 10.3 Å². The molecule has 2 amide bonds. The normalized spacial score (nSPS) is 24.0. The standard InChI is InChI=1S/C14H14N2O2/c17-12(9-5-6-9)16-13(18)10-3-1-2-4-11(10)14(16)7-15-8-14/h1-4,9,15H,5-8H2. The summed E-state index contributed by atoms with van der Waals surface area (Å²) < 4.78 is 0. The molecule has 0 unspecified atom stereocenters. The van der Waals surface area contributed by atoms with Gasteiger partial charge in [-0.25, -0.2) is 0 Å². The molecule has 4 rings (SSSR count). The lowest BCUT2D eigenvalue weighted by atomic mass is 9.84. The van der Waals surface area contributed by atoms with Gasteiger partial charge in [0.2, 0.25) is 5.91 Å². The van der Waals surface area contributed by atoms with E-state index in [1.165, 1.54) is 4.90 Å². The summed E-state index contributed by atoms with van der Waals surface area (Å²) in [5, 5.41) is 3.20. The van der Waals surface area contributed by atoms with E-state index in [1.807, 2.05) is 24.3 Å². The van der Waals surface area contributed by atoms with Crippen LogP contribution in [0.25, 0.3) is 0 Å². The molecule has 1 aliphatic carbocycles. The van der Waals surface area contributed by atoms with E-state index in [0.717, 1.165) is 18.4 Å². The van der Waals surface area contributed by atoms with Gasteiger partial charge < -0.3 is 5.32 Å². The van der Waals surface area contributed by atoms with E-state index in [1.54, 1.807) is 0 Å². The topological polar surface area (TPSA) is 49.4 Å². The average molecular weight is 242 g/mol. The molecule has 92 valence electrons. The lowest BCUT2D eigenvalue weighted by Gasteiger charge is -2.45. The SMILES string of the molecule is O=C1c2ccccc2C2(CNC2)N1C(=O)C1CC1. The monoisotopic (exact) mass is 242 g/mol. The van der Waals surface area contributed by atoms with Crippen molar-refractivity contribution in [2.24, 2.45) is 5.92 Å². The zero-order chi connectivity index (χ0) is 12.3. The number of benzene rings is 1. The lowest BCUT2D eigenvalue weighted by molar-refractivity contribution is -0.136. The predicted octanol–water partition coefficient (Wildman–Crippen LogP) is 0.877. The summed E-state index contributed by atoms with van der Waals surface area (Å²) in [6, 6.07) is 7.62. The number of carbonyl (C=O) groups excluding carboxylic acids is 2. The van der Waals surface area contributed by atoms with Crippen molar-refractivity contribution in [1.29, 1.82) is 0 Å². The van der Waals surface area contributed by atoms with E-state index in [2.05, 4.69) is 5.32 Å². The van der Waals surface area contributed by atoms with Crippen molar-refractivity contribution in [3.63, 3.8) is 0 Å². The van der Waals surface area contributed by atoms with E-state index in [4.69, 9.17) is 0 Å². The van der Waals surface area contributed by atoms with Gasteiger partial charge in [0, 0.05) is 24.6 Å². The molecule has 0 aromatic heterocycles. The first-order chi connectivity index (χ1) is 8.74. The summed E-state index contributed by atoms with van der Waals surface area (Å²) in [6.45, 7) is 1.38. The predicted molar refractivity (Wildman–Crippen MR) is 64.9 cm³/mol. The van der Waals surface area contributed by atoms with Crippen molar-refractivity contribution in [3.05, 3.63) is 35.4 Å². The fourth-order valence-electron chi connectivity index (χ4n) is 3.04. The first kappa shape index (κ1) is 10.3. The van der Waals surface area contributed by atoms with Gasteiger partial charge in [0.15, 0.2) is 0 Å². The number of rotatable bonds is 1. The number of imide groups is 1. The van der Waals surface area contributed by atoms with Gasteiger partial charge in [-0.3, -0.25) is 14.5 Å². The summed E-state index contributed by atoms with van der Waals surface area (Å²) in [5.41, 5.74) is 1.32. The second kappa shape index (κ2) is 3.20. The maximum absolute atomic E-state index is 12.5. The Morgan fingerprint density at radius 3 is 2.61 bits per heavy atom. The molecule has 4 heteroatoms. The lowest BCUT2D eigenvalue weighted by Crippen LogP contribution is -2.66. The third kappa shape index (κ3) is 1.09. The van der Waals surface area contributed by atoms with Crippen molar-refractivity contribution >= 4 is 11.8 Å². The number of hydrogen-bond acceptors (Lipinski definition) is 3. The smallest absolute Gasteiger partial charge is 0.261 e. The number of fused-ring (bicyclic) bond motifs is 2. The van der Waals surface area contributed by atoms with Crippen molar-refractivity contribution < 1.29 is 9.59 Å². The minimum Gasteiger partial charge on any atom is -0.311 e.